The second-order valence-electron chi connectivity index (χ2n) is 20.1. The standard InChI is InChI=1S/C62H111O11P/c1-4-7-10-13-16-19-22-25-27-28-29-30-32-35-38-41-44-47-50-53-62(66)73-59(55-69-60(64)51-48-45-42-39-36-33-24-21-18-15-12-9-6-3)57-71-74(67,68)70-56-58(54-63)72-61(65)52-49-46-43-40-37-34-31-26-23-20-17-14-11-8-5-2/h7,10,16,19,25-27,29-31,58-59,63H,4-6,8-9,11-15,17-18,20-24,28,32-57H2,1-3H3,(H,67,68)/b10-7-,19-16-,27-25-,30-29-,31-26-. The third-order valence-electron chi connectivity index (χ3n) is 12.9. The number of aliphatic hydroxyl groups is 1. The van der Waals surface area contributed by atoms with Gasteiger partial charge in [0.2, 0.25) is 0 Å². The fourth-order valence-electron chi connectivity index (χ4n) is 8.34. The number of phosphoric ester groups is 1. The smallest absolute Gasteiger partial charge is 0.462 e. The van der Waals surface area contributed by atoms with Gasteiger partial charge in [0.15, 0.2) is 6.10 Å². The minimum absolute atomic E-state index is 0.152. The Balaban J connectivity index is 4.72. The van der Waals surface area contributed by atoms with Gasteiger partial charge in [-0.15, -0.1) is 0 Å². The molecule has 0 rings (SSSR count). The Hall–Kier alpha value is -2.82. The Morgan fingerprint density at radius 1 is 0.392 bits per heavy atom. The fraction of sp³-hybridized carbons (Fsp3) is 0.790. The first-order chi connectivity index (χ1) is 36.2. The number of unbranched alkanes of at least 4 members (excludes halogenated alkanes) is 29. The van der Waals surface area contributed by atoms with E-state index in [9.17, 15) is 28.9 Å². The maximum Gasteiger partial charge on any atom is 0.472 e. The minimum atomic E-state index is -4.75. The number of rotatable bonds is 56. The van der Waals surface area contributed by atoms with Gasteiger partial charge in [0.25, 0.3) is 0 Å². The molecule has 3 atom stereocenters. The van der Waals surface area contributed by atoms with Crippen molar-refractivity contribution in [2.75, 3.05) is 26.4 Å². The molecule has 11 nitrogen and oxygen atoms in total. The number of esters is 3. The molecule has 2 N–H and O–H groups in total. The Morgan fingerprint density at radius 3 is 1.09 bits per heavy atom. The van der Waals surface area contributed by atoms with Gasteiger partial charge in [-0.1, -0.05) is 236 Å². The predicted octanol–water partition coefficient (Wildman–Crippen LogP) is 17.9. The van der Waals surface area contributed by atoms with Crippen LogP contribution in [0.2, 0.25) is 0 Å². The Bertz CT molecular complexity index is 1470. The van der Waals surface area contributed by atoms with E-state index in [0.29, 0.717) is 19.3 Å². The Labute approximate surface area is 453 Å². The van der Waals surface area contributed by atoms with Crippen molar-refractivity contribution < 1.29 is 52.2 Å². The molecular formula is C62H111O11P. The Morgan fingerprint density at radius 2 is 0.703 bits per heavy atom. The molecule has 3 unspecified atom stereocenters. The third kappa shape index (κ3) is 54.0. The lowest BCUT2D eigenvalue weighted by molar-refractivity contribution is -0.161. The first-order valence-electron chi connectivity index (χ1n) is 30.2. The van der Waals surface area contributed by atoms with Gasteiger partial charge < -0.3 is 24.2 Å². The number of hydrogen-bond acceptors (Lipinski definition) is 10. The molecule has 0 aliphatic rings. The summed E-state index contributed by atoms with van der Waals surface area (Å²) < 4.78 is 39.6. The zero-order valence-electron chi connectivity index (χ0n) is 47.6. The van der Waals surface area contributed by atoms with Gasteiger partial charge in [-0.3, -0.25) is 23.4 Å². The molecule has 0 fully saturated rings. The van der Waals surface area contributed by atoms with Gasteiger partial charge in [-0.2, -0.15) is 0 Å². The van der Waals surface area contributed by atoms with Crippen molar-refractivity contribution in [3.05, 3.63) is 60.8 Å². The summed E-state index contributed by atoms with van der Waals surface area (Å²) in [5, 5.41) is 9.82. The highest BCUT2D eigenvalue weighted by molar-refractivity contribution is 7.47. The van der Waals surface area contributed by atoms with E-state index in [-0.39, 0.29) is 25.9 Å². The summed E-state index contributed by atoms with van der Waals surface area (Å²) in [6.07, 6.45) is 61.7. The maximum atomic E-state index is 12.9. The summed E-state index contributed by atoms with van der Waals surface area (Å²) in [4.78, 5) is 48.6. The van der Waals surface area contributed by atoms with Crippen LogP contribution in [0.15, 0.2) is 60.8 Å². The van der Waals surface area contributed by atoms with Crippen LogP contribution < -0.4 is 0 Å². The number of hydrogen-bond donors (Lipinski definition) is 2. The molecule has 0 aromatic heterocycles. The van der Waals surface area contributed by atoms with E-state index in [2.05, 4.69) is 81.5 Å². The predicted molar refractivity (Wildman–Crippen MR) is 307 cm³/mol. The van der Waals surface area contributed by atoms with Crippen LogP contribution in [-0.4, -0.2) is 66.5 Å². The van der Waals surface area contributed by atoms with Crippen molar-refractivity contribution >= 4 is 25.7 Å². The summed E-state index contributed by atoms with van der Waals surface area (Å²) in [7, 11) is -4.75. The highest BCUT2D eigenvalue weighted by Gasteiger charge is 2.28. The number of ether oxygens (including phenoxy) is 3. The van der Waals surface area contributed by atoms with Crippen molar-refractivity contribution in [1.29, 1.82) is 0 Å². The third-order valence-corrected chi connectivity index (χ3v) is 13.9. The van der Waals surface area contributed by atoms with Crippen LogP contribution >= 0.6 is 7.82 Å². The van der Waals surface area contributed by atoms with E-state index < -0.39 is 57.8 Å². The first kappa shape index (κ1) is 71.2. The van der Waals surface area contributed by atoms with Crippen molar-refractivity contribution in [2.24, 2.45) is 0 Å². The molecule has 0 heterocycles. The lowest BCUT2D eigenvalue weighted by Gasteiger charge is -2.21. The molecule has 0 bridgehead atoms. The molecule has 0 aliphatic carbocycles. The fourth-order valence-corrected chi connectivity index (χ4v) is 9.13. The summed E-state index contributed by atoms with van der Waals surface area (Å²) in [5.41, 5.74) is 0. The van der Waals surface area contributed by atoms with Crippen molar-refractivity contribution in [1.82, 2.24) is 0 Å². The van der Waals surface area contributed by atoms with E-state index in [1.165, 1.54) is 96.3 Å². The highest BCUT2D eigenvalue weighted by atomic mass is 31.2. The molecule has 0 spiro atoms. The minimum Gasteiger partial charge on any atom is -0.462 e. The summed E-state index contributed by atoms with van der Waals surface area (Å²) in [5.74, 6) is -1.48. The van der Waals surface area contributed by atoms with Crippen LogP contribution in [0.5, 0.6) is 0 Å². The Kier molecular flexibility index (Phi) is 54.2. The molecule has 0 aromatic rings. The average molecular weight is 1060 g/mol. The number of aliphatic hydroxyl groups excluding tert-OH is 1. The molecule has 0 radical (unpaired) electrons. The molecule has 0 saturated heterocycles. The zero-order valence-corrected chi connectivity index (χ0v) is 48.5. The first-order valence-corrected chi connectivity index (χ1v) is 31.7. The number of phosphoric acid groups is 1. The van der Waals surface area contributed by atoms with E-state index in [4.69, 9.17) is 23.3 Å². The summed E-state index contributed by atoms with van der Waals surface area (Å²) >= 11 is 0. The monoisotopic (exact) mass is 1060 g/mol. The van der Waals surface area contributed by atoms with Gasteiger partial charge >= 0.3 is 25.7 Å². The second-order valence-corrected chi connectivity index (χ2v) is 21.6. The molecule has 12 heteroatoms. The maximum absolute atomic E-state index is 12.9. The van der Waals surface area contributed by atoms with Crippen LogP contribution in [0.4, 0.5) is 0 Å². The highest BCUT2D eigenvalue weighted by Crippen LogP contribution is 2.43. The topological polar surface area (TPSA) is 155 Å². The van der Waals surface area contributed by atoms with Crippen molar-refractivity contribution in [3.8, 4) is 0 Å². The lowest BCUT2D eigenvalue weighted by Crippen LogP contribution is -2.30. The number of carbonyl (C=O) groups excluding carboxylic acids is 3. The van der Waals surface area contributed by atoms with Crippen LogP contribution in [0, 0.1) is 0 Å². The molecular weight excluding hydrogens is 952 g/mol. The SMILES string of the molecule is CC/C=C\C/C=C\C/C=C\C/C=C\CCCCCCCCC(=O)OC(COC(=O)CCCCCCCCCCCCCCC)COP(=O)(O)OCC(CO)OC(=O)CCCCCCC/C=C\CCCCCCCC. The number of allylic oxidation sites excluding steroid dienone is 10. The van der Waals surface area contributed by atoms with E-state index in [1.54, 1.807) is 0 Å². The second kappa shape index (κ2) is 56.4. The molecule has 0 aromatic carbocycles. The molecule has 74 heavy (non-hydrogen) atoms. The quantitative estimate of drug-likeness (QED) is 0.0197. The van der Waals surface area contributed by atoms with Crippen molar-refractivity contribution in [2.45, 2.75) is 290 Å². The van der Waals surface area contributed by atoms with Gasteiger partial charge in [0, 0.05) is 19.3 Å². The zero-order chi connectivity index (χ0) is 54.1. The summed E-state index contributed by atoms with van der Waals surface area (Å²) in [6.45, 7) is 4.53. The van der Waals surface area contributed by atoms with E-state index in [0.717, 1.165) is 122 Å². The van der Waals surface area contributed by atoms with E-state index >= 15 is 0 Å². The van der Waals surface area contributed by atoms with Gasteiger partial charge in [-0.25, -0.2) is 4.57 Å². The molecule has 0 amide bonds. The van der Waals surface area contributed by atoms with Crippen LogP contribution in [-0.2, 0) is 42.2 Å². The summed E-state index contributed by atoms with van der Waals surface area (Å²) in [6, 6.07) is 0. The average Bonchev–Trinajstić information content (AvgIpc) is 3.39. The largest absolute Gasteiger partial charge is 0.472 e. The molecule has 430 valence electrons. The normalized spacial score (nSPS) is 13.7. The van der Waals surface area contributed by atoms with Crippen LogP contribution in [0.3, 0.4) is 0 Å². The van der Waals surface area contributed by atoms with Gasteiger partial charge in [-0.05, 0) is 83.5 Å². The van der Waals surface area contributed by atoms with Crippen molar-refractivity contribution in [3.63, 3.8) is 0 Å². The molecule has 0 saturated carbocycles. The number of carbonyl (C=O) groups is 3. The van der Waals surface area contributed by atoms with Crippen LogP contribution in [0.1, 0.15) is 278 Å². The van der Waals surface area contributed by atoms with E-state index in [1.807, 2.05) is 0 Å². The lowest BCUT2D eigenvalue weighted by atomic mass is 10.0. The molecule has 0 aliphatic heterocycles. The van der Waals surface area contributed by atoms with Gasteiger partial charge in [0.05, 0.1) is 19.8 Å². The van der Waals surface area contributed by atoms with Gasteiger partial charge in [0.1, 0.15) is 12.7 Å². The van der Waals surface area contributed by atoms with Crippen LogP contribution in [0.25, 0.3) is 0 Å².